The highest BCUT2D eigenvalue weighted by atomic mass is 35.5. The fraction of sp³-hybridized carbons (Fsp3) is 0.370. The van der Waals surface area contributed by atoms with E-state index in [0.29, 0.717) is 27.7 Å². The Hall–Kier alpha value is -4.18. The van der Waals surface area contributed by atoms with E-state index in [4.69, 9.17) is 16.6 Å². The molecule has 2 atom stereocenters. The molecule has 234 valence electrons. The first-order valence-electron chi connectivity index (χ1n) is 13.3. The van der Waals surface area contributed by atoms with Crippen molar-refractivity contribution in [3.05, 3.63) is 74.0 Å². The summed E-state index contributed by atoms with van der Waals surface area (Å²) in [4.78, 5) is 36.8. The van der Waals surface area contributed by atoms with E-state index in [1.165, 1.54) is 22.9 Å². The molecule has 3 aromatic heterocycles. The Labute approximate surface area is 254 Å². The molecule has 0 bridgehead atoms. The molecule has 1 aromatic carbocycles. The van der Waals surface area contributed by atoms with Crippen molar-refractivity contribution in [1.82, 2.24) is 29.0 Å². The molecule has 0 saturated heterocycles. The summed E-state index contributed by atoms with van der Waals surface area (Å²) in [6.45, 7) is 4.87. The Kier molecular flexibility index (Phi) is 7.86. The Morgan fingerprint density at radius 3 is 2.50 bits per heavy atom. The number of nitrogens with one attached hydrogen (secondary N) is 2. The lowest BCUT2D eigenvalue weighted by Gasteiger charge is -2.24. The number of aryl methyl sites for hydroxylation is 1. The van der Waals surface area contributed by atoms with E-state index in [1.807, 2.05) is 17.7 Å². The first-order valence-corrected chi connectivity index (χ1v) is 15.5. The highest BCUT2D eigenvalue weighted by Crippen LogP contribution is 2.35. The quantitative estimate of drug-likeness (QED) is 0.283. The highest BCUT2D eigenvalue weighted by molar-refractivity contribution is 7.89. The minimum atomic E-state index is -4.48. The number of aromatic nitrogens is 5. The second-order valence-electron chi connectivity index (χ2n) is 10.8. The van der Waals surface area contributed by atoms with Gasteiger partial charge in [-0.3, -0.25) is 18.8 Å². The standard InChI is InChI=1S/C27H28ClF3N8O4S/c1-13-8-17(14(2)33-19-6-7-21(28)34-23(19)24(40)36-44(5,42)43)22-18(9-13)25(41)37(4)26(35-22)38-11-16-10-32-39(20(16)12-38)15(3)27(29,30)31/h6-10,14-15,33H,11-12H2,1-5H3,(H,36,40)/t14-,15-/m1/s1. The van der Waals surface area contributed by atoms with Crippen molar-refractivity contribution in [1.29, 1.82) is 0 Å². The van der Waals surface area contributed by atoms with Gasteiger partial charge in [0.05, 0.1) is 47.3 Å². The minimum Gasteiger partial charge on any atom is -0.377 e. The SMILES string of the molecule is Cc1cc([C@@H](C)Nc2ccc(Cl)nc2C(=O)NS(C)(=O)=O)c2nc(N3Cc4cnn([C@H](C)C(F)(F)F)c4C3)n(C)c(=O)c2c1. The number of rotatable bonds is 7. The first-order chi connectivity index (χ1) is 20.4. The monoisotopic (exact) mass is 652 g/mol. The van der Waals surface area contributed by atoms with Crippen molar-refractivity contribution in [3.63, 3.8) is 0 Å². The van der Waals surface area contributed by atoms with Gasteiger partial charge in [0.2, 0.25) is 16.0 Å². The number of nitrogens with zero attached hydrogens (tertiary/aromatic N) is 6. The van der Waals surface area contributed by atoms with Crippen LogP contribution in [0.5, 0.6) is 0 Å². The van der Waals surface area contributed by atoms with E-state index in [2.05, 4.69) is 15.4 Å². The summed E-state index contributed by atoms with van der Waals surface area (Å²) in [7, 11) is -2.34. The molecule has 0 saturated carbocycles. The van der Waals surface area contributed by atoms with Crippen molar-refractivity contribution in [3.8, 4) is 0 Å². The van der Waals surface area contributed by atoms with E-state index in [-0.39, 0.29) is 41.1 Å². The van der Waals surface area contributed by atoms with Crippen LogP contribution in [0.25, 0.3) is 10.9 Å². The van der Waals surface area contributed by atoms with E-state index < -0.39 is 34.2 Å². The van der Waals surface area contributed by atoms with E-state index in [1.54, 1.807) is 24.9 Å². The van der Waals surface area contributed by atoms with Gasteiger partial charge in [0.25, 0.3) is 11.5 Å². The van der Waals surface area contributed by atoms with Crippen LogP contribution in [0, 0.1) is 6.92 Å². The summed E-state index contributed by atoms with van der Waals surface area (Å²) in [6.07, 6.45) is -2.25. The van der Waals surface area contributed by atoms with Crippen LogP contribution < -0.4 is 20.5 Å². The summed E-state index contributed by atoms with van der Waals surface area (Å²) in [6, 6.07) is 4.01. The topological polar surface area (TPSA) is 144 Å². The predicted octanol–water partition coefficient (Wildman–Crippen LogP) is 3.99. The van der Waals surface area contributed by atoms with Crippen molar-refractivity contribution in [2.45, 2.75) is 52.1 Å². The smallest absolute Gasteiger partial charge is 0.377 e. The predicted molar refractivity (Wildman–Crippen MR) is 158 cm³/mol. The summed E-state index contributed by atoms with van der Waals surface area (Å²) in [5.74, 6) is -0.733. The molecule has 1 aliphatic heterocycles. The maximum Gasteiger partial charge on any atom is 0.410 e. The molecule has 12 nitrogen and oxygen atoms in total. The van der Waals surface area contributed by atoms with E-state index in [0.717, 1.165) is 23.4 Å². The molecule has 0 radical (unpaired) electrons. The molecular weight excluding hydrogens is 625 g/mol. The van der Waals surface area contributed by atoms with Crippen LogP contribution in [-0.2, 0) is 30.2 Å². The number of benzene rings is 1. The van der Waals surface area contributed by atoms with Gasteiger partial charge in [0.15, 0.2) is 5.69 Å². The van der Waals surface area contributed by atoms with Gasteiger partial charge in [-0.1, -0.05) is 17.7 Å². The molecule has 2 N–H and O–H groups in total. The lowest BCUT2D eigenvalue weighted by atomic mass is 10.0. The number of anilines is 2. The molecule has 0 unspecified atom stereocenters. The molecule has 4 heterocycles. The third-order valence-corrected chi connectivity index (χ3v) is 8.10. The van der Waals surface area contributed by atoms with Crippen molar-refractivity contribution < 1.29 is 26.4 Å². The molecule has 17 heteroatoms. The zero-order valence-corrected chi connectivity index (χ0v) is 25.8. The minimum absolute atomic E-state index is 0.0305. The van der Waals surface area contributed by atoms with Gasteiger partial charge in [-0.15, -0.1) is 0 Å². The number of pyridine rings is 1. The Morgan fingerprint density at radius 2 is 1.84 bits per heavy atom. The zero-order chi connectivity index (χ0) is 32.3. The van der Waals surface area contributed by atoms with Crippen molar-refractivity contribution >= 4 is 50.1 Å². The van der Waals surface area contributed by atoms with Crippen LogP contribution in [0.2, 0.25) is 5.15 Å². The van der Waals surface area contributed by atoms with Crippen molar-refractivity contribution in [2.75, 3.05) is 16.5 Å². The van der Waals surface area contributed by atoms with Gasteiger partial charge in [-0.05, 0) is 44.5 Å². The largest absolute Gasteiger partial charge is 0.410 e. The average Bonchev–Trinajstić information content (AvgIpc) is 3.50. The maximum atomic E-state index is 13.6. The third-order valence-electron chi connectivity index (χ3n) is 7.33. The molecular formula is C27H28ClF3N8O4S. The van der Waals surface area contributed by atoms with Crippen LogP contribution in [-0.4, -0.2) is 51.1 Å². The Balaban J connectivity index is 1.54. The molecule has 0 fully saturated rings. The number of alkyl halides is 3. The van der Waals surface area contributed by atoms with Gasteiger partial charge in [0, 0.05) is 24.7 Å². The van der Waals surface area contributed by atoms with E-state index in [9.17, 15) is 31.2 Å². The molecule has 0 spiro atoms. The molecule has 5 rings (SSSR count). The van der Waals surface area contributed by atoms with Gasteiger partial charge in [-0.2, -0.15) is 18.3 Å². The molecule has 44 heavy (non-hydrogen) atoms. The van der Waals surface area contributed by atoms with Crippen LogP contribution in [0.3, 0.4) is 0 Å². The summed E-state index contributed by atoms with van der Waals surface area (Å²) >= 11 is 5.99. The number of carbonyl (C=O) groups excluding carboxylic acids is 1. The Morgan fingerprint density at radius 1 is 1.14 bits per heavy atom. The summed E-state index contributed by atoms with van der Waals surface area (Å²) in [5, 5.41) is 7.39. The lowest BCUT2D eigenvalue weighted by Crippen LogP contribution is -2.31. The first kappa shape index (κ1) is 31.3. The number of hydrogen-bond acceptors (Lipinski definition) is 9. The molecule has 1 amide bonds. The number of halogens is 4. The molecule has 0 aliphatic carbocycles. The fourth-order valence-corrected chi connectivity index (χ4v) is 5.77. The number of sulfonamides is 1. The van der Waals surface area contributed by atoms with Gasteiger partial charge >= 0.3 is 6.18 Å². The van der Waals surface area contributed by atoms with Crippen LogP contribution in [0.1, 0.15) is 58.8 Å². The number of amides is 1. The number of carbonyl (C=O) groups is 1. The lowest BCUT2D eigenvalue weighted by molar-refractivity contribution is -0.165. The summed E-state index contributed by atoms with van der Waals surface area (Å²) in [5.41, 5.74) is 2.24. The van der Waals surface area contributed by atoms with Crippen LogP contribution in [0.4, 0.5) is 24.8 Å². The van der Waals surface area contributed by atoms with Crippen molar-refractivity contribution in [2.24, 2.45) is 7.05 Å². The van der Waals surface area contributed by atoms with Gasteiger partial charge in [-0.25, -0.2) is 23.1 Å². The fourth-order valence-electron chi connectivity index (χ4n) is 5.19. The average molecular weight is 653 g/mol. The van der Waals surface area contributed by atoms with Gasteiger partial charge < -0.3 is 10.2 Å². The number of fused-ring (bicyclic) bond motifs is 2. The molecule has 4 aromatic rings. The van der Waals surface area contributed by atoms with Gasteiger partial charge in [0.1, 0.15) is 11.2 Å². The highest BCUT2D eigenvalue weighted by Gasteiger charge is 2.41. The maximum absolute atomic E-state index is 13.6. The van der Waals surface area contributed by atoms with E-state index >= 15 is 0 Å². The normalized spacial score (nSPS) is 14.9. The van der Waals surface area contributed by atoms with Crippen LogP contribution >= 0.6 is 11.6 Å². The summed E-state index contributed by atoms with van der Waals surface area (Å²) < 4.78 is 67.9. The third kappa shape index (κ3) is 5.95. The second-order valence-corrected chi connectivity index (χ2v) is 12.9. The molecule has 1 aliphatic rings. The second kappa shape index (κ2) is 11.1. The number of hydrogen-bond donors (Lipinski definition) is 2. The zero-order valence-electron chi connectivity index (χ0n) is 24.2. The van der Waals surface area contributed by atoms with Crippen LogP contribution in [0.15, 0.2) is 35.3 Å². The Bertz CT molecular complexity index is 1980.